The van der Waals surface area contributed by atoms with Crippen LogP contribution in [0.15, 0.2) is 48.5 Å². The summed E-state index contributed by atoms with van der Waals surface area (Å²) in [6.07, 6.45) is 3.14. The summed E-state index contributed by atoms with van der Waals surface area (Å²) in [5, 5.41) is 63.7. The minimum absolute atomic E-state index is 0.156. The standard InChI is InChI=1S/C45H68O14/c1-3-4-5-6-7-8-9-10-11-12-13-14-15-16-17-22-27-54-33-26-21-20-25-32(33)43(53)56-29-35-37(47)39(49)41(51)45(58-35)59-44-40(50)38(48)36(46)34(57-44)28-55-42(52)31-24-19-18-23-30(31)2/h18-21,23-26,34-41,44-51H,3-17,22,27-29H2,1-2H3/t34-,35-,36-,37-,38+,39+,40-,41-,44-,45-/m1/s1. The van der Waals surface area contributed by atoms with E-state index in [1.165, 1.54) is 83.5 Å². The predicted octanol–water partition coefficient (Wildman–Crippen LogP) is 5.28. The third kappa shape index (κ3) is 15.3. The number of benzene rings is 2. The average Bonchev–Trinajstić information content (AvgIpc) is 3.24. The van der Waals surface area contributed by atoms with Crippen molar-refractivity contribution in [1.29, 1.82) is 0 Å². The fourth-order valence-electron chi connectivity index (χ4n) is 7.33. The van der Waals surface area contributed by atoms with Gasteiger partial charge in [0, 0.05) is 0 Å². The third-order valence-electron chi connectivity index (χ3n) is 11.1. The summed E-state index contributed by atoms with van der Waals surface area (Å²) >= 11 is 0. The molecular formula is C45H68O14. The molecule has 2 aromatic carbocycles. The molecule has 0 aliphatic carbocycles. The molecule has 0 aromatic heterocycles. The van der Waals surface area contributed by atoms with E-state index in [-0.39, 0.29) is 11.1 Å². The van der Waals surface area contributed by atoms with Gasteiger partial charge >= 0.3 is 11.9 Å². The van der Waals surface area contributed by atoms with Gasteiger partial charge in [-0.05, 0) is 37.1 Å². The van der Waals surface area contributed by atoms with Gasteiger partial charge in [0.05, 0.1) is 12.2 Å². The van der Waals surface area contributed by atoms with Crippen molar-refractivity contribution in [2.75, 3.05) is 19.8 Å². The van der Waals surface area contributed by atoms with Crippen LogP contribution in [0.1, 0.15) is 136 Å². The van der Waals surface area contributed by atoms with Crippen LogP contribution in [0.2, 0.25) is 0 Å². The Hall–Kier alpha value is -3.18. The van der Waals surface area contributed by atoms with Gasteiger partial charge in [-0.2, -0.15) is 0 Å². The lowest BCUT2D eigenvalue weighted by Gasteiger charge is -2.44. The molecule has 0 amide bonds. The molecule has 2 heterocycles. The van der Waals surface area contributed by atoms with Crippen LogP contribution in [0, 0.1) is 6.92 Å². The Morgan fingerprint density at radius 1 is 0.525 bits per heavy atom. The Labute approximate surface area is 348 Å². The number of ether oxygens (including phenoxy) is 6. The Kier molecular flexibility index (Phi) is 21.5. The number of rotatable bonds is 26. The maximum Gasteiger partial charge on any atom is 0.342 e. The summed E-state index contributed by atoms with van der Waals surface area (Å²) in [7, 11) is 0. The van der Waals surface area contributed by atoms with Gasteiger partial charge in [0.1, 0.15) is 73.4 Å². The topological polar surface area (TPSA) is 211 Å². The van der Waals surface area contributed by atoms with E-state index >= 15 is 0 Å². The van der Waals surface area contributed by atoms with Crippen LogP contribution in [-0.2, 0) is 23.7 Å². The molecule has 0 bridgehead atoms. The predicted molar refractivity (Wildman–Crippen MR) is 218 cm³/mol. The van der Waals surface area contributed by atoms with Crippen molar-refractivity contribution in [3.8, 4) is 5.75 Å². The minimum Gasteiger partial charge on any atom is -0.493 e. The van der Waals surface area contributed by atoms with Gasteiger partial charge in [-0.15, -0.1) is 0 Å². The molecule has 59 heavy (non-hydrogen) atoms. The molecule has 2 saturated heterocycles. The molecule has 14 heteroatoms. The highest BCUT2D eigenvalue weighted by Gasteiger charge is 2.50. The molecule has 0 unspecified atom stereocenters. The number of aliphatic hydroxyl groups is 6. The number of esters is 2. The number of hydrogen-bond donors (Lipinski definition) is 6. The summed E-state index contributed by atoms with van der Waals surface area (Å²) in [5.41, 5.74) is 1.09. The van der Waals surface area contributed by atoms with Crippen molar-refractivity contribution < 1.29 is 68.6 Å². The second-order valence-electron chi connectivity index (χ2n) is 15.8. The number of unbranched alkanes of at least 4 members (excludes halogenated alkanes) is 15. The van der Waals surface area contributed by atoms with E-state index in [2.05, 4.69) is 6.92 Å². The molecule has 2 fully saturated rings. The fourth-order valence-corrected chi connectivity index (χ4v) is 7.33. The molecule has 0 spiro atoms. The largest absolute Gasteiger partial charge is 0.493 e. The second kappa shape index (κ2) is 26.2. The van der Waals surface area contributed by atoms with E-state index in [1.54, 1.807) is 55.5 Å². The van der Waals surface area contributed by atoms with Gasteiger partial charge in [-0.25, -0.2) is 9.59 Å². The zero-order chi connectivity index (χ0) is 42.6. The molecule has 4 rings (SSSR count). The first kappa shape index (κ1) is 48.5. The number of aliphatic hydroxyl groups excluding tert-OH is 6. The molecule has 2 aliphatic heterocycles. The molecule has 332 valence electrons. The normalized spacial score (nSPS) is 27.0. The van der Waals surface area contributed by atoms with E-state index in [9.17, 15) is 40.2 Å². The average molecular weight is 833 g/mol. The van der Waals surface area contributed by atoms with Gasteiger partial charge in [-0.1, -0.05) is 134 Å². The first-order valence-electron chi connectivity index (χ1n) is 21.7. The van der Waals surface area contributed by atoms with E-state index in [0.717, 1.165) is 19.3 Å². The first-order valence-corrected chi connectivity index (χ1v) is 21.7. The Bertz CT molecular complexity index is 1510. The minimum atomic E-state index is -1.87. The van der Waals surface area contributed by atoms with E-state index in [1.807, 2.05) is 0 Å². The van der Waals surface area contributed by atoms with Crippen LogP contribution in [-0.4, -0.2) is 124 Å². The lowest BCUT2D eigenvalue weighted by Crippen LogP contribution is -2.64. The SMILES string of the molecule is CCCCCCCCCCCCCCCCCCOc1ccccc1C(=O)OC[C@H]1O[C@H](O[C@H]2O[C@H](COC(=O)c3ccccc3C)[C@@H](O)[C@H](O)[C@H]2O)[C@H](O)[C@@H](O)[C@@H]1O. The summed E-state index contributed by atoms with van der Waals surface area (Å²) in [6.45, 7) is 3.30. The second-order valence-corrected chi connectivity index (χ2v) is 15.8. The molecular weight excluding hydrogens is 764 g/mol. The molecule has 10 atom stereocenters. The van der Waals surface area contributed by atoms with Crippen LogP contribution in [0.3, 0.4) is 0 Å². The van der Waals surface area contributed by atoms with Gasteiger partial charge in [0.15, 0.2) is 12.6 Å². The van der Waals surface area contributed by atoms with Crippen molar-refractivity contribution in [2.45, 2.75) is 178 Å². The Morgan fingerprint density at radius 2 is 0.932 bits per heavy atom. The molecule has 14 nitrogen and oxygen atoms in total. The highest BCUT2D eigenvalue weighted by Crippen LogP contribution is 2.29. The number of hydrogen-bond acceptors (Lipinski definition) is 14. The van der Waals surface area contributed by atoms with Crippen LogP contribution in [0.25, 0.3) is 0 Å². The van der Waals surface area contributed by atoms with Gasteiger partial charge in [-0.3, -0.25) is 0 Å². The molecule has 0 radical (unpaired) electrons. The van der Waals surface area contributed by atoms with Crippen molar-refractivity contribution in [2.24, 2.45) is 0 Å². The van der Waals surface area contributed by atoms with E-state index < -0.39 is 86.6 Å². The van der Waals surface area contributed by atoms with E-state index in [0.29, 0.717) is 17.9 Å². The molecule has 6 N–H and O–H groups in total. The number of aryl methyl sites for hydroxylation is 1. The van der Waals surface area contributed by atoms with Crippen LogP contribution >= 0.6 is 0 Å². The van der Waals surface area contributed by atoms with Gasteiger partial charge in [0.25, 0.3) is 0 Å². The van der Waals surface area contributed by atoms with E-state index in [4.69, 9.17) is 28.4 Å². The van der Waals surface area contributed by atoms with Crippen molar-refractivity contribution in [1.82, 2.24) is 0 Å². The Balaban J connectivity index is 1.17. The maximum atomic E-state index is 13.2. The quantitative estimate of drug-likeness (QED) is 0.0527. The zero-order valence-corrected chi connectivity index (χ0v) is 34.8. The molecule has 0 saturated carbocycles. The highest BCUT2D eigenvalue weighted by molar-refractivity contribution is 5.92. The molecule has 2 aromatic rings. The fraction of sp³-hybridized carbons (Fsp3) is 0.689. The van der Waals surface area contributed by atoms with Crippen LogP contribution < -0.4 is 4.74 Å². The van der Waals surface area contributed by atoms with Gasteiger partial charge < -0.3 is 59.1 Å². The van der Waals surface area contributed by atoms with Crippen molar-refractivity contribution in [3.05, 3.63) is 65.2 Å². The number of carbonyl (C=O) groups excluding carboxylic acids is 2. The number of carbonyl (C=O) groups is 2. The van der Waals surface area contributed by atoms with Crippen molar-refractivity contribution in [3.63, 3.8) is 0 Å². The summed E-state index contributed by atoms with van der Waals surface area (Å²) in [6, 6.07) is 13.3. The van der Waals surface area contributed by atoms with Crippen LogP contribution in [0.4, 0.5) is 0 Å². The summed E-state index contributed by atoms with van der Waals surface area (Å²) < 4.78 is 33.6. The van der Waals surface area contributed by atoms with Crippen LogP contribution in [0.5, 0.6) is 5.75 Å². The first-order chi connectivity index (χ1) is 28.5. The maximum absolute atomic E-state index is 13.2. The monoisotopic (exact) mass is 832 g/mol. The third-order valence-corrected chi connectivity index (χ3v) is 11.1. The Morgan fingerprint density at radius 3 is 1.41 bits per heavy atom. The summed E-state index contributed by atoms with van der Waals surface area (Å²) in [5.74, 6) is -1.14. The summed E-state index contributed by atoms with van der Waals surface area (Å²) in [4.78, 5) is 25.8. The lowest BCUT2D eigenvalue weighted by atomic mass is 9.98. The van der Waals surface area contributed by atoms with Crippen molar-refractivity contribution >= 4 is 11.9 Å². The van der Waals surface area contributed by atoms with Gasteiger partial charge in [0.2, 0.25) is 0 Å². The highest BCUT2D eigenvalue weighted by atomic mass is 16.8. The zero-order valence-electron chi connectivity index (χ0n) is 34.8. The number of para-hydroxylation sites is 1. The lowest BCUT2D eigenvalue weighted by molar-refractivity contribution is -0.376. The molecule has 2 aliphatic rings. The smallest absolute Gasteiger partial charge is 0.342 e.